The highest BCUT2D eigenvalue weighted by atomic mass is 16.5. The van der Waals surface area contributed by atoms with E-state index in [0.29, 0.717) is 43.6 Å². The Morgan fingerprint density at radius 2 is 1.06 bits per heavy atom. The lowest BCUT2D eigenvalue weighted by Crippen LogP contribution is -2.30. The summed E-state index contributed by atoms with van der Waals surface area (Å²) >= 11 is 0. The standard InChI is InChI=1S/C28H31N3O4/c1-35-28(34)31-20-17-23-12-6-8-14-25(23)27(33)30-19-16-22-11-5-7-13-24(22)26(32)29-18-15-21-9-3-2-4-10-21/h2-14H,15-20H2,1H3,(H,29,32)(H,30,33)(H,31,34). The predicted octanol–water partition coefficient (Wildman–Crippen LogP) is 3.53. The van der Waals surface area contributed by atoms with Gasteiger partial charge in [0, 0.05) is 30.8 Å². The quantitative estimate of drug-likeness (QED) is 0.397. The molecule has 0 heterocycles. The molecule has 0 saturated carbocycles. The van der Waals surface area contributed by atoms with Gasteiger partial charge in [-0.15, -0.1) is 0 Å². The number of nitrogens with one attached hydrogen (secondary N) is 3. The SMILES string of the molecule is COC(=O)NCCc1ccccc1C(=O)NCCc1ccccc1C(=O)NCCc1ccccc1. The zero-order chi connectivity index (χ0) is 24.9. The molecule has 0 unspecified atom stereocenters. The zero-order valence-corrected chi connectivity index (χ0v) is 19.9. The molecule has 0 spiro atoms. The molecule has 0 radical (unpaired) electrons. The number of ether oxygens (including phenoxy) is 1. The lowest BCUT2D eigenvalue weighted by molar-refractivity contribution is 0.0948. The van der Waals surface area contributed by atoms with Crippen molar-refractivity contribution in [1.82, 2.24) is 16.0 Å². The van der Waals surface area contributed by atoms with Crippen LogP contribution in [0.2, 0.25) is 0 Å². The Morgan fingerprint density at radius 3 is 1.60 bits per heavy atom. The summed E-state index contributed by atoms with van der Waals surface area (Å²) in [6, 6.07) is 24.7. The van der Waals surface area contributed by atoms with E-state index in [1.807, 2.05) is 60.7 Å². The van der Waals surface area contributed by atoms with E-state index in [9.17, 15) is 14.4 Å². The molecule has 0 aromatic heterocycles. The van der Waals surface area contributed by atoms with Crippen LogP contribution in [0.5, 0.6) is 0 Å². The van der Waals surface area contributed by atoms with E-state index in [1.54, 1.807) is 18.2 Å². The Balaban J connectivity index is 1.52. The highest BCUT2D eigenvalue weighted by Gasteiger charge is 2.13. The Kier molecular flexibility index (Phi) is 9.87. The zero-order valence-electron chi connectivity index (χ0n) is 19.9. The summed E-state index contributed by atoms with van der Waals surface area (Å²) in [5.41, 5.74) is 4.06. The number of alkyl carbamates (subject to hydrolysis) is 1. The Hall–Kier alpha value is -4.13. The van der Waals surface area contributed by atoms with Crippen molar-refractivity contribution in [2.75, 3.05) is 26.7 Å². The van der Waals surface area contributed by atoms with Crippen molar-refractivity contribution in [3.05, 3.63) is 107 Å². The van der Waals surface area contributed by atoms with Crippen molar-refractivity contribution in [2.45, 2.75) is 19.3 Å². The maximum absolute atomic E-state index is 12.8. The molecule has 35 heavy (non-hydrogen) atoms. The first-order valence-corrected chi connectivity index (χ1v) is 11.7. The predicted molar refractivity (Wildman–Crippen MR) is 136 cm³/mol. The van der Waals surface area contributed by atoms with E-state index in [4.69, 9.17) is 0 Å². The third-order valence-corrected chi connectivity index (χ3v) is 5.60. The molecule has 0 aliphatic rings. The average Bonchev–Trinajstić information content (AvgIpc) is 2.89. The van der Waals surface area contributed by atoms with Gasteiger partial charge in [-0.2, -0.15) is 0 Å². The van der Waals surface area contributed by atoms with Crippen LogP contribution in [0.4, 0.5) is 4.79 Å². The molecule has 7 nitrogen and oxygen atoms in total. The first-order valence-electron chi connectivity index (χ1n) is 11.7. The smallest absolute Gasteiger partial charge is 0.406 e. The molecule has 7 heteroatoms. The second-order valence-electron chi connectivity index (χ2n) is 7.98. The van der Waals surface area contributed by atoms with Gasteiger partial charge < -0.3 is 20.7 Å². The first-order chi connectivity index (χ1) is 17.1. The van der Waals surface area contributed by atoms with Gasteiger partial charge in [0.2, 0.25) is 0 Å². The van der Waals surface area contributed by atoms with E-state index >= 15 is 0 Å². The molecule has 182 valence electrons. The van der Waals surface area contributed by atoms with Crippen LogP contribution >= 0.6 is 0 Å². The van der Waals surface area contributed by atoms with Crippen LogP contribution in [0, 0.1) is 0 Å². The fourth-order valence-corrected chi connectivity index (χ4v) is 3.76. The van der Waals surface area contributed by atoms with Crippen LogP contribution in [0.25, 0.3) is 0 Å². The lowest BCUT2D eigenvalue weighted by atomic mass is 10.0. The Morgan fingerprint density at radius 1 is 0.600 bits per heavy atom. The van der Waals surface area contributed by atoms with Gasteiger partial charge in [-0.1, -0.05) is 66.7 Å². The minimum atomic E-state index is -0.505. The van der Waals surface area contributed by atoms with Gasteiger partial charge in [-0.05, 0) is 48.1 Å². The summed E-state index contributed by atoms with van der Waals surface area (Å²) in [5, 5.41) is 8.55. The maximum Gasteiger partial charge on any atom is 0.406 e. The molecule has 3 N–H and O–H groups in total. The van der Waals surface area contributed by atoms with Crippen molar-refractivity contribution in [1.29, 1.82) is 0 Å². The number of methoxy groups -OCH3 is 1. The van der Waals surface area contributed by atoms with Crippen LogP contribution in [0.15, 0.2) is 78.9 Å². The van der Waals surface area contributed by atoms with Gasteiger partial charge in [0.1, 0.15) is 0 Å². The van der Waals surface area contributed by atoms with Gasteiger partial charge in [0.15, 0.2) is 0 Å². The molecular weight excluding hydrogens is 442 g/mol. The van der Waals surface area contributed by atoms with Crippen molar-refractivity contribution in [3.8, 4) is 0 Å². The highest BCUT2D eigenvalue weighted by molar-refractivity contribution is 5.96. The lowest BCUT2D eigenvalue weighted by Gasteiger charge is -2.13. The highest BCUT2D eigenvalue weighted by Crippen LogP contribution is 2.12. The van der Waals surface area contributed by atoms with Gasteiger partial charge in [0.05, 0.1) is 7.11 Å². The number of amides is 3. The number of hydrogen-bond donors (Lipinski definition) is 3. The number of benzene rings is 3. The van der Waals surface area contributed by atoms with E-state index in [-0.39, 0.29) is 11.8 Å². The van der Waals surface area contributed by atoms with E-state index in [1.165, 1.54) is 12.7 Å². The van der Waals surface area contributed by atoms with Gasteiger partial charge >= 0.3 is 6.09 Å². The topological polar surface area (TPSA) is 96.5 Å². The fraction of sp³-hybridized carbons (Fsp3) is 0.250. The summed E-state index contributed by atoms with van der Waals surface area (Å²) in [4.78, 5) is 36.8. The normalized spacial score (nSPS) is 10.3. The number of hydrogen-bond acceptors (Lipinski definition) is 4. The molecular formula is C28H31N3O4. The molecule has 3 amide bonds. The molecule has 0 saturated heterocycles. The molecule has 0 aliphatic carbocycles. The summed E-state index contributed by atoms with van der Waals surface area (Å²) < 4.78 is 4.57. The summed E-state index contributed by atoms with van der Waals surface area (Å²) in [5.74, 6) is -0.310. The third kappa shape index (κ3) is 7.99. The van der Waals surface area contributed by atoms with Crippen LogP contribution < -0.4 is 16.0 Å². The van der Waals surface area contributed by atoms with Crippen molar-refractivity contribution in [3.63, 3.8) is 0 Å². The molecule has 0 bridgehead atoms. The minimum absolute atomic E-state index is 0.119. The molecule has 3 aromatic rings. The van der Waals surface area contributed by atoms with Crippen LogP contribution in [-0.2, 0) is 24.0 Å². The van der Waals surface area contributed by atoms with Gasteiger partial charge in [-0.25, -0.2) is 4.79 Å². The second kappa shape index (κ2) is 13.5. The Bertz CT molecular complexity index is 1130. The number of rotatable bonds is 11. The molecule has 3 rings (SSSR count). The van der Waals surface area contributed by atoms with Crippen LogP contribution in [0.3, 0.4) is 0 Å². The molecule has 3 aromatic carbocycles. The number of carbonyl (C=O) groups is 3. The van der Waals surface area contributed by atoms with Crippen LogP contribution in [0.1, 0.15) is 37.4 Å². The molecule has 0 atom stereocenters. The van der Waals surface area contributed by atoms with E-state index < -0.39 is 6.09 Å². The minimum Gasteiger partial charge on any atom is -0.453 e. The molecule has 0 fully saturated rings. The van der Waals surface area contributed by atoms with Crippen molar-refractivity contribution >= 4 is 17.9 Å². The maximum atomic E-state index is 12.8. The third-order valence-electron chi connectivity index (χ3n) is 5.60. The van der Waals surface area contributed by atoms with Crippen molar-refractivity contribution < 1.29 is 19.1 Å². The van der Waals surface area contributed by atoms with Gasteiger partial charge in [-0.3, -0.25) is 9.59 Å². The van der Waals surface area contributed by atoms with Crippen molar-refractivity contribution in [2.24, 2.45) is 0 Å². The van der Waals surface area contributed by atoms with E-state index in [0.717, 1.165) is 17.5 Å². The first kappa shape index (κ1) is 25.5. The average molecular weight is 474 g/mol. The summed E-state index contributed by atoms with van der Waals surface area (Å²) in [6.07, 6.45) is 1.29. The van der Waals surface area contributed by atoms with Crippen LogP contribution in [-0.4, -0.2) is 44.7 Å². The van der Waals surface area contributed by atoms with Gasteiger partial charge in [0.25, 0.3) is 11.8 Å². The summed E-state index contributed by atoms with van der Waals surface area (Å²) in [7, 11) is 1.31. The fourth-order valence-electron chi connectivity index (χ4n) is 3.76. The van der Waals surface area contributed by atoms with E-state index in [2.05, 4.69) is 20.7 Å². The second-order valence-corrected chi connectivity index (χ2v) is 7.98. The monoisotopic (exact) mass is 473 g/mol. The molecule has 0 aliphatic heterocycles. The number of carbonyl (C=O) groups excluding carboxylic acids is 3. The summed E-state index contributed by atoms with van der Waals surface area (Å²) in [6.45, 7) is 1.31. The largest absolute Gasteiger partial charge is 0.453 e. The Labute approximate surface area is 205 Å².